The van der Waals surface area contributed by atoms with E-state index in [0.29, 0.717) is 11.3 Å². The van der Waals surface area contributed by atoms with Crippen molar-refractivity contribution < 1.29 is 61.8 Å². The molecule has 7 aromatic rings. The minimum Gasteiger partial charge on any atom is -0.463 e. The van der Waals surface area contributed by atoms with Crippen LogP contribution in [0.25, 0.3) is 11.1 Å². The van der Waals surface area contributed by atoms with Crippen molar-refractivity contribution in [1.29, 1.82) is 0 Å². The van der Waals surface area contributed by atoms with Gasteiger partial charge in [0.15, 0.2) is 0 Å². The summed E-state index contributed by atoms with van der Waals surface area (Å²) in [7, 11) is 1.60. The van der Waals surface area contributed by atoms with Crippen molar-refractivity contribution in [2.45, 2.75) is 108 Å². The molecule has 2 saturated heterocycles. The fourth-order valence-electron chi connectivity index (χ4n) is 10.2. The van der Waals surface area contributed by atoms with Crippen LogP contribution in [0, 0.1) is 5.92 Å². The molecular formula is C66H69NO13. The normalized spacial score (nSPS) is 22.6. The maximum atomic E-state index is 12.7. The van der Waals surface area contributed by atoms with Gasteiger partial charge in [-0.1, -0.05) is 176 Å². The van der Waals surface area contributed by atoms with Crippen molar-refractivity contribution in [3.05, 3.63) is 234 Å². The third-order valence-electron chi connectivity index (χ3n) is 14.1. The van der Waals surface area contributed by atoms with Crippen molar-refractivity contribution in [1.82, 2.24) is 5.32 Å². The molecule has 7 aromatic carbocycles. The molecule has 0 aromatic heterocycles. The van der Waals surface area contributed by atoms with Crippen LogP contribution in [-0.4, -0.2) is 93.2 Å². The van der Waals surface area contributed by atoms with Gasteiger partial charge in [-0.25, -0.2) is 0 Å². The molecule has 14 heteroatoms. The zero-order valence-corrected chi connectivity index (χ0v) is 45.3. The molecule has 9 rings (SSSR count). The van der Waals surface area contributed by atoms with Crippen LogP contribution >= 0.6 is 0 Å². The zero-order valence-electron chi connectivity index (χ0n) is 45.3. The number of benzene rings is 7. The van der Waals surface area contributed by atoms with Crippen molar-refractivity contribution >= 4 is 17.8 Å². The Morgan fingerprint density at radius 3 is 1.29 bits per heavy atom. The second-order valence-electron chi connectivity index (χ2n) is 19.9. The van der Waals surface area contributed by atoms with E-state index < -0.39 is 73.0 Å². The maximum Gasteiger partial charge on any atom is 0.302 e. The minimum absolute atomic E-state index is 0.148. The van der Waals surface area contributed by atoms with E-state index in [1.807, 2.05) is 194 Å². The summed E-state index contributed by atoms with van der Waals surface area (Å²) in [6.07, 6.45) is -7.59. The lowest BCUT2D eigenvalue weighted by atomic mass is 9.80. The maximum absolute atomic E-state index is 12.7. The Balaban J connectivity index is 1.14. The van der Waals surface area contributed by atoms with Gasteiger partial charge < -0.3 is 52.7 Å². The van der Waals surface area contributed by atoms with Crippen LogP contribution in [0.2, 0.25) is 0 Å². The number of ether oxygens (including phenoxy) is 10. The Labute approximate surface area is 468 Å². The molecule has 0 aliphatic carbocycles. The van der Waals surface area contributed by atoms with Crippen LogP contribution in [0.5, 0.6) is 5.75 Å². The molecule has 2 fully saturated rings. The number of carbonyl (C=O) groups excluding carboxylic acids is 3. The summed E-state index contributed by atoms with van der Waals surface area (Å²) in [5.41, 5.74) is 6.84. The zero-order chi connectivity index (χ0) is 55.5. The van der Waals surface area contributed by atoms with Gasteiger partial charge in [0.25, 0.3) is 5.91 Å². The molecule has 1 amide bonds. The van der Waals surface area contributed by atoms with E-state index in [9.17, 15) is 14.4 Å². The molecule has 10 atom stereocenters. The first-order valence-corrected chi connectivity index (χ1v) is 27.1. The van der Waals surface area contributed by atoms with Gasteiger partial charge in [0.1, 0.15) is 55.6 Å². The van der Waals surface area contributed by atoms with Crippen molar-refractivity contribution in [2.24, 2.45) is 5.92 Å². The highest BCUT2D eigenvalue weighted by Crippen LogP contribution is 2.41. The van der Waals surface area contributed by atoms with E-state index in [4.69, 9.17) is 47.4 Å². The monoisotopic (exact) mass is 1080 g/mol. The molecule has 0 bridgehead atoms. The molecule has 14 nitrogen and oxygen atoms in total. The summed E-state index contributed by atoms with van der Waals surface area (Å²) in [5.74, 6) is -1.35. The number of rotatable bonds is 25. The fraction of sp³-hybridized carbons (Fsp3) is 0.318. The highest BCUT2D eigenvalue weighted by Gasteiger charge is 2.54. The fourth-order valence-corrected chi connectivity index (χ4v) is 10.2. The van der Waals surface area contributed by atoms with E-state index in [1.54, 1.807) is 13.1 Å². The highest BCUT2D eigenvalue weighted by atomic mass is 16.7. The van der Waals surface area contributed by atoms with Gasteiger partial charge >= 0.3 is 11.9 Å². The van der Waals surface area contributed by atoms with Crippen molar-refractivity contribution in [2.75, 3.05) is 20.3 Å². The van der Waals surface area contributed by atoms with Crippen LogP contribution in [0.15, 0.2) is 200 Å². The average molecular weight is 1080 g/mol. The van der Waals surface area contributed by atoms with Gasteiger partial charge in [-0.05, 0) is 69.6 Å². The average Bonchev–Trinajstić information content (AvgIpc) is 3.69. The standard InChI is InChI=1S/C66H69NO13/c1-45(68)71-43-58-60(73-38-47-20-9-4-10-21-47)56(61(74-39-48-22-11-5-12-23-48)66(80-58)78-55-34-32-52(33-35-55)53-30-19-31-54(36-53)65(70)67-3)37-57-62(75-40-49-24-13-6-14-25-49)64(77-42-51-28-17-8-18-29-51)63(59(79-57)44-72-46(2)69)76-41-50-26-15-7-16-27-50/h4-36,56-64,66H,37-44H2,1-3H3,(H,67,70)/t56-,57+,58+,59+,60-,61-,62+,63+,64-,66-/m0/s1. The molecule has 0 radical (unpaired) electrons. The number of hydrogen-bond acceptors (Lipinski definition) is 13. The molecule has 0 saturated carbocycles. The number of amides is 1. The predicted octanol–water partition coefficient (Wildman–Crippen LogP) is 10.6. The van der Waals surface area contributed by atoms with Gasteiger partial charge in [-0.15, -0.1) is 0 Å². The molecule has 0 unspecified atom stereocenters. The molecule has 416 valence electrons. The minimum atomic E-state index is -1.11. The summed E-state index contributed by atoms with van der Waals surface area (Å²) in [6, 6.07) is 64.1. The van der Waals surface area contributed by atoms with Gasteiger partial charge in [-0.3, -0.25) is 14.4 Å². The first-order valence-electron chi connectivity index (χ1n) is 27.1. The number of carbonyl (C=O) groups is 3. The van der Waals surface area contributed by atoms with Gasteiger partial charge in [0.2, 0.25) is 6.29 Å². The molecule has 1 N–H and O–H groups in total. The van der Waals surface area contributed by atoms with Crippen LogP contribution in [-0.2, 0) is 85.3 Å². The predicted molar refractivity (Wildman–Crippen MR) is 300 cm³/mol. The third kappa shape index (κ3) is 16.1. The topological polar surface area (TPSA) is 156 Å². The molecule has 2 heterocycles. The SMILES string of the molecule is CNC(=O)c1cccc(-c2ccc(O[C@H]3O[C@H](COC(C)=O)[C@@H](OCc4ccccc4)[C@H](C[C@H]4O[C@H](COC(C)=O)[C@@H](OCc5ccccc5)[C@@H](OCc5ccccc5)[C@@H]4OCc4ccccc4)[C@@H]3OCc3ccccc3)cc2)c1. The Kier molecular flexibility index (Phi) is 20.8. The second kappa shape index (κ2) is 29.1. The van der Waals surface area contributed by atoms with Crippen LogP contribution < -0.4 is 10.1 Å². The first-order chi connectivity index (χ1) is 39.2. The lowest BCUT2D eigenvalue weighted by molar-refractivity contribution is -0.304. The summed E-state index contributed by atoms with van der Waals surface area (Å²) in [4.78, 5) is 38.1. The Bertz CT molecular complexity index is 2990. The summed E-state index contributed by atoms with van der Waals surface area (Å²) in [6.45, 7) is 3.34. The smallest absolute Gasteiger partial charge is 0.302 e. The summed E-state index contributed by atoms with van der Waals surface area (Å²) in [5, 5.41) is 2.69. The van der Waals surface area contributed by atoms with Gasteiger partial charge in [-0.2, -0.15) is 0 Å². The molecule has 0 spiro atoms. The second-order valence-corrected chi connectivity index (χ2v) is 19.9. The summed E-state index contributed by atoms with van der Waals surface area (Å²) < 4.78 is 68.1. The highest BCUT2D eigenvalue weighted by molar-refractivity contribution is 5.95. The van der Waals surface area contributed by atoms with Gasteiger partial charge in [0, 0.05) is 32.4 Å². The van der Waals surface area contributed by atoms with E-state index in [1.165, 1.54) is 13.8 Å². The van der Waals surface area contributed by atoms with Crippen molar-refractivity contribution in [3.63, 3.8) is 0 Å². The Morgan fingerprint density at radius 1 is 0.425 bits per heavy atom. The van der Waals surface area contributed by atoms with Crippen LogP contribution in [0.1, 0.15) is 58.4 Å². The van der Waals surface area contributed by atoms with Crippen LogP contribution in [0.3, 0.4) is 0 Å². The van der Waals surface area contributed by atoms with E-state index >= 15 is 0 Å². The van der Waals surface area contributed by atoms with Gasteiger partial charge in [0.05, 0.1) is 45.2 Å². The lowest BCUT2D eigenvalue weighted by Crippen LogP contribution is -2.64. The molecule has 2 aliphatic rings. The quantitative estimate of drug-likeness (QED) is 0.0540. The van der Waals surface area contributed by atoms with E-state index in [2.05, 4.69) is 5.32 Å². The van der Waals surface area contributed by atoms with Crippen molar-refractivity contribution in [3.8, 4) is 16.9 Å². The van der Waals surface area contributed by atoms with E-state index in [0.717, 1.165) is 38.9 Å². The molecular weight excluding hydrogens is 1010 g/mol. The first kappa shape index (κ1) is 57.2. The Morgan fingerprint density at radius 2 is 0.838 bits per heavy atom. The Hall–Kier alpha value is -7.53. The largest absolute Gasteiger partial charge is 0.463 e. The summed E-state index contributed by atoms with van der Waals surface area (Å²) >= 11 is 0. The number of nitrogens with one attached hydrogen (secondary N) is 1. The lowest BCUT2D eigenvalue weighted by Gasteiger charge is -2.50. The molecule has 2 aliphatic heterocycles. The number of hydrogen-bond donors (Lipinski definition) is 1. The number of esters is 2. The molecule has 80 heavy (non-hydrogen) atoms. The van der Waals surface area contributed by atoms with E-state index in [-0.39, 0.29) is 58.6 Å². The van der Waals surface area contributed by atoms with Crippen LogP contribution in [0.4, 0.5) is 0 Å². The third-order valence-corrected chi connectivity index (χ3v) is 14.1.